The molecule has 0 radical (unpaired) electrons. The average molecular weight is 467 g/mol. The Morgan fingerprint density at radius 2 is 1.75 bits per heavy atom. The van der Waals surface area contributed by atoms with Crippen molar-refractivity contribution in [3.05, 3.63) is 64.1 Å². The summed E-state index contributed by atoms with van der Waals surface area (Å²) < 4.78 is 28.3. The maximum atomic E-state index is 12.7. The first kappa shape index (κ1) is 22.6. The quantitative estimate of drug-likeness (QED) is 0.639. The predicted octanol–water partition coefficient (Wildman–Crippen LogP) is 4.28. The van der Waals surface area contributed by atoms with Gasteiger partial charge in [0.05, 0.1) is 10.5 Å². The molecular weight excluding hydrogens is 440 g/mol. The molecule has 0 bridgehead atoms. The number of rotatable bonds is 7. The third-order valence-electron chi connectivity index (χ3n) is 4.02. The Hall–Kier alpha value is -1.70. The summed E-state index contributed by atoms with van der Waals surface area (Å²) >= 11 is 3.35. The van der Waals surface area contributed by atoms with Crippen LogP contribution in [0.2, 0.25) is 0 Å². The summed E-state index contributed by atoms with van der Waals surface area (Å²) in [5.74, 6) is -0.305. The van der Waals surface area contributed by atoms with Crippen LogP contribution in [0.15, 0.2) is 57.9 Å². The lowest BCUT2D eigenvalue weighted by Crippen LogP contribution is -2.40. The molecule has 2 N–H and O–H groups in total. The summed E-state index contributed by atoms with van der Waals surface area (Å²) in [4.78, 5) is 12.8. The Morgan fingerprint density at radius 1 is 1.11 bits per heavy atom. The van der Waals surface area contributed by atoms with E-state index in [4.69, 9.17) is 0 Å². The number of benzene rings is 2. The molecule has 2 aromatic carbocycles. The van der Waals surface area contributed by atoms with Gasteiger partial charge < -0.3 is 5.32 Å². The van der Waals surface area contributed by atoms with Gasteiger partial charge >= 0.3 is 0 Å². The van der Waals surface area contributed by atoms with Crippen LogP contribution in [0.4, 0.5) is 0 Å². The zero-order valence-electron chi connectivity index (χ0n) is 16.6. The average Bonchev–Trinajstić information content (AvgIpc) is 2.59. The summed E-state index contributed by atoms with van der Waals surface area (Å²) in [6, 6.07) is 14.5. The van der Waals surface area contributed by atoms with Gasteiger partial charge in [0.15, 0.2) is 0 Å². The summed E-state index contributed by atoms with van der Waals surface area (Å²) in [5.41, 5.74) is 0.898. The van der Waals surface area contributed by atoms with E-state index in [0.29, 0.717) is 10.0 Å². The van der Waals surface area contributed by atoms with Crippen molar-refractivity contribution in [2.75, 3.05) is 0 Å². The molecule has 0 fully saturated rings. The third-order valence-corrected chi connectivity index (χ3v) is 6.47. The Kier molecular flexibility index (Phi) is 7.42. The molecule has 0 saturated heterocycles. The second kappa shape index (κ2) is 9.20. The van der Waals surface area contributed by atoms with Gasteiger partial charge in [-0.15, -0.1) is 0 Å². The number of aryl methyl sites for hydroxylation is 1. The van der Waals surface area contributed by atoms with Crippen LogP contribution in [0.1, 0.15) is 50.0 Å². The summed E-state index contributed by atoms with van der Waals surface area (Å²) in [7, 11) is -3.72. The van der Waals surface area contributed by atoms with Crippen molar-refractivity contribution >= 4 is 31.9 Å². The van der Waals surface area contributed by atoms with Crippen LogP contribution in [-0.4, -0.2) is 25.9 Å². The summed E-state index contributed by atoms with van der Waals surface area (Å²) in [6.07, 6.45) is 1.64. The molecular formula is C21H27BrN2O3S. The molecule has 0 aliphatic carbocycles. The van der Waals surface area contributed by atoms with Crippen LogP contribution in [0, 0.1) is 0 Å². The zero-order chi connectivity index (χ0) is 20.9. The molecule has 0 spiro atoms. The topological polar surface area (TPSA) is 75.3 Å². The van der Waals surface area contributed by atoms with Crippen LogP contribution in [0.3, 0.4) is 0 Å². The smallest absolute Gasteiger partial charge is 0.252 e. The Balaban J connectivity index is 2.10. The van der Waals surface area contributed by atoms with Gasteiger partial charge in [-0.25, -0.2) is 13.1 Å². The van der Waals surface area contributed by atoms with Crippen LogP contribution in [0.25, 0.3) is 0 Å². The minimum Gasteiger partial charge on any atom is -0.350 e. The van der Waals surface area contributed by atoms with E-state index in [0.717, 1.165) is 12.8 Å². The van der Waals surface area contributed by atoms with Crippen molar-refractivity contribution in [3.8, 4) is 0 Å². The van der Waals surface area contributed by atoms with Crippen LogP contribution < -0.4 is 10.0 Å². The SMILES string of the molecule is CC(CCc1ccccc1)NC(=O)c1cc(S(=O)(=O)NC(C)(C)C)ccc1Br. The second-order valence-electron chi connectivity index (χ2n) is 7.90. The van der Waals surface area contributed by atoms with Crippen molar-refractivity contribution in [2.24, 2.45) is 0 Å². The molecule has 0 saturated carbocycles. The van der Waals surface area contributed by atoms with Crippen molar-refractivity contribution in [2.45, 2.75) is 57.0 Å². The van der Waals surface area contributed by atoms with E-state index in [1.54, 1.807) is 26.8 Å². The molecule has 28 heavy (non-hydrogen) atoms. The third kappa shape index (κ3) is 6.72. The van der Waals surface area contributed by atoms with E-state index >= 15 is 0 Å². The first-order chi connectivity index (χ1) is 13.0. The summed E-state index contributed by atoms with van der Waals surface area (Å²) in [6.45, 7) is 7.25. The van der Waals surface area contributed by atoms with E-state index in [1.807, 2.05) is 25.1 Å². The lowest BCUT2D eigenvalue weighted by Gasteiger charge is -2.21. The molecule has 0 aliphatic rings. The Bertz CT molecular complexity index is 922. The van der Waals surface area contributed by atoms with E-state index in [-0.39, 0.29) is 16.8 Å². The number of amides is 1. The highest BCUT2D eigenvalue weighted by molar-refractivity contribution is 9.10. The monoisotopic (exact) mass is 466 g/mol. The van der Waals surface area contributed by atoms with Crippen LogP contribution >= 0.6 is 15.9 Å². The number of nitrogens with one attached hydrogen (secondary N) is 2. The lowest BCUT2D eigenvalue weighted by molar-refractivity contribution is 0.0937. The fraction of sp³-hybridized carbons (Fsp3) is 0.381. The molecule has 1 atom stereocenters. The molecule has 0 heterocycles. The standard InChI is InChI=1S/C21H27BrN2O3S/c1-15(10-11-16-8-6-5-7-9-16)23-20(25)18-14-17(12-13-19(18)22)28(26,27)24-21(2,3)4/h5-9,12-15,24H,10-11H2,1-4H3,(H,23,25). The molecule has 2 rings (SSSR count). The lowest BCUT2D eigenvalue weighted by atomic mass is 10.1. The largest absolute Gasteiger partial charge is 0.350 e. The van der Waals surface area contributed by atoms with Crippen molar-refractivity contribution in [1.29, 1.82) is 0 Å². The van der Waals surface area contributed by atoms with E-state index in [2.05, 4.69) is 38.1 Å². The maximum absolute atomic E-state index is 12.7. The fourth-order valence-corrected chi connectivity index (χ4v) is 4.58. The summed E-state index contributed by atoms with van der Waals surface area (Å²) in [5, 5.41) is 2.95. The minimum atomic E-state index is -3.72. The highest BCUT2D eigenvalue weighted by Crippen LogP contribution is 2.22. The molecule has 5 nitrogen and oxygen atoms in total. The van der Waals surface area contributed by atoms with Crippen molar-refractivity contribution in [3.63, 3.8) is 0 Å². The highest BCUT2D eigenvalue weighted by Gasteiger charge is 2.24. The molecule has 1 amide bonds. The van der Waals surface area contributed by atoms with Gasteiger partial charge in [-0.1, -0.05) is 30.3 Å². The normalized spacial score (nSPS) is 13.2. The fourth-order valence-electron chi connectivity index (χ4n) is 2.71. The van der Waals surface area contributed by atoms with E-state index in [1.165, 1.54) is 17.7 Å². The molecule has 0 aliphatic heterocycles. The molecule has 1 unspecified atom stereocenters. The number of sulfonamides is 1. The Morgan fingerprint density at radius 3 is 2.36 bits per heavy atom. The Labute approximate surface area is 176 Å². The maximum Gasteiger partial charge on any atom is 0.252 e. The van der Waals surface area contributed by atoms with Gasteiger partial charge in [-0.2, -0.15) is 0 Å². The van der Waals surface area contributed by atoms with Crippen LogP contribution in [0.5, 0.6) is 0 Å². The minimum absolute atomic E-state index is 0.0485. The van der Waals surface area contributed by atoms with Gasteiger partial charge in [0, 0.05) is 16.1 Å². The molecule has 2 aromatic rings. The molecule has 152 valence electrons. The first-order valence-electron chi connectivity index (χ1n) is 9.16. The van der Waals surface area contributed by atoms with Crippen molar-refractivity contribution < 1.29 is 13.2 Å². The van der Waals surface area contributed by atoms with E-state index < -0.39 is 15.6 Å². The predicted molar refractivity (Wildman–Crippen MR) is 116 cm³/mol. The first-order valence-corrected chi connectivity index (χ1v) is 11.4. The van der Waals surface area contributed by atoms with Gasteiger partial charge in [0.2, 0.25) is 10.0 Å². The van der Waals surface area contributed by atoms with Gasteiger partial charge in [-0.05, 0) is 80.2 Å². The van der Waals surface area contributed by atoms with Crippen molar-refractivity contribution in [1.82, 2.24) is 10.0 Å². The van der Waals surface area contributed by atoms with Gasteiger partial charge in [0.25, 0.3) is 5.91 Å². The number of hydrogen-bond acceptors (Lipinski definition) is 3. The van der Waals surface area contributed by atoms with Gasteiger partial charge in [0.1, 0.15) is 0 Å². The molecule has 7 heteroatoms. The van der Waals surface area contributed by atoms with Crippen LogP contribution in [-0.2, 0) is 16.4 Å². The number of halogens is 1. The number of carbonyl (C=O) groups is 1. The number of carbonyl (C=O) groups excluding carboxylic acids is 1. The second-order valence-corrected chi connectivity index (χ2v) is 10.4. The van der Waals surface area contributed by atoms with Gasteiger partial charge in [-0.3, -0.25) is 4.79 Å². The zero-order valence-corrected chi connectivity index (χ0v) is 19.0. The van der Waals surface area contributed by atoms with E-state index in [9.17, 15) is 13.2 Å². The highest BCUT2D eigenvalue weighted by atomic mass is 79.9. The number of hydrogen-bond donors (Lipinski definition) is 2. The molecule has 0 aromatic heterocycles.